The Morgan fingerprint density at radius 3 is 2.12 bits per heavy atom. The predicted octanol–water partition coefficient (Wildman–Crippen LogP) is 1.57. The minimum absolute atomic E-state index is 0.239. The smallest absolute Gasteiger partial charge is 0.414 e. The maximum atomic E-state index is 12.8. The Hall–Kier alpha value is -3.35. The number of aryl methyl sites for hydroxylation is 1. The van der Waals surface area contributed by atoms with Gasteiger partial charge in [0.25, 0.3) is 5.69 Å². The van der Waals surface area contributed by atoms with Crippen LogP contribution in [0.5, 0.6) is 0 Å². The third-order valence-corrected chi connectivity index (χ3v) is 6.63. The standard InChI is InChI=1S/C18H21N3O4S.C2H2O4/c1-15-5-4-6-16(13-15)14-19-9-11-20(12-10-19)26(24,25)18-8-3-2-7-17(18)21(22)23;3-1(4)2(5)6/h2-8,13H,9-12,14H2,1H3;(H,3,4)(H,5,6). The van der Waals surface area contributed by atoms with Crippen LogP contribution in [0.15, 0.2) is 53.4 Å². The van der Waals surface area contributed by atoms with E-state index in [1.54, 1.807) is 0 Å². The molecule has 2 N–H and O–H groups in total. The van der Waals surface area contributed by atoms with Crippen molar-refractivity contribution in [3.63, 3.8) is 0 Å². The van der Waals surface area contributed by atoms with E-state index in [1.807, 2.05) is 19.1 Å². The molecule has 172 valence electrons. The molecule has 0 atom stereocenters. The Bertz CT molecular complexity index is 1080. The summed E-state index contributed by atoms with van der Waals surface area (Å²) in [5.41, 5.74) is 2.01. The lowest BCUT2D eigenvalue weighted by Crippen LogP contribution is -2.48. The topological polar surface area (TPSA) is 158 Å². The Labute approximate surface area is 184 Å². The summed E-state index contributed by atoms with van der Waals surface area (Å²) in [6, 6.07) is 13.7. The Morgan fingerprint density at radius 1 is 1.00 bits per heavy atom. The van der Waals surface area contributed by atoms with Crippen molar-refractivity contribution in [3.8, 4) is 0 Å². The number of carboxylic acids is 2. The highest BCUT2D eigenvalue weighted by molar-refractivity contribution is 7.89. The largest absolute Gasteiger partial charge is 0.473 e. The van der Waals surface area contributed by atoms with Gasteiger partial charge in [0.15, 0.2) is 4.90 Å². The van der Waals surface area contributed by atoms with E-state index in [4.69, 9.17) is 19.8 Å². The molecule has 11 nitrogen and oxygen atoms in total. The van der Waals surface area contributed by atoms with Crippen molar-refractivity contribution in [2.24, 2.45) is 0 Å². The van der Waals surface area contributed by atoms with Gasteiger partial charge in [-0.3, -0.25) is 15.0 Å². The van der Waals surface area contributed by atoms with E-state index in [-0.39, 0.29) is 10.6 Å². The zero-order valence-electron chi connectivity index (χ0n) is 17.2. The van der Waals surface area contributed by atoms with Crippen LogP contribution in [-0.4, -0.2) is 70.9 Å². The summed E-state index contributed by atoms with van der Waals surface area (Å²) in [5.74, 6) is -3.65. The maximum Gasteiger partial charge on any atom is 0.414 e. The number of benzene rings is 2. The van der Waals surface area contributed by atoms with Crippen molar-refractivity contribution < 1.29 is 33.1 Å². The van der Waals surface area contributed by atoms with Crippen molar-refractivity contribution in [2.45, 2.75) is 18.4 Å². The number of sulfonamides is 1. The third kappa shape index (κ3) is 6.57. The molecule has 0 bridgehead atoms. The van der Waals surface area contributed by atoms with Crippen molar-refractivity contribution in [1.82, 2.24) is 9.21 Å². The summed E-state index contributed by atoms with van der Waals surface area (Å²) in [7, 11) is -3.88. The van der Waals surface area contributed by atoms with Gasteiger partial charge >= 0.3 is 11.9 Å². The summed E-state index contributed by atoms with van der Waals surface area (Å²) in [6.07, 6.45) is 0. The van der Waals surface area contributed by atoms with Crippen LogP contribution in [0.3, 0.4) is 0 Å². The van der Waals surface area contributed by atoms with E-state index < -0.39 is 26.9 Å². The van der Waals surface area contributed by atoms with Gasteiger partial charge in [0, 0.05) is 38.8 Å². The number of hydrogen-bond acceptors (Lipinski definition) is 7. The highest BCUT2D eigenvalue weighted by Crippen LogP contribution is 2.27. The Balaban J connectivity index is 0.000000534. The lowest BCUT2D eigenvalue weighted by Gasteiger charge is -2.33. The summed E-state index contributed by atoms with van der Waals surface area (Å²) in [6.45, 7) is 4.63. The molecular formula is C20H23N3O8S. The molecule has 1 heterocycles. The van der Waals surface area contributed by atoms with Gasteiger partial charge in [-0.2, -0.15) is 4.31 Å². The summed E-state index contributed by atoms with van der Waals surface area (Å²) < 4.78 is 27.0. The van der Waals surface area contributed by atoms with E-state index in [0.717, 1.165) is 6.54 Å². The van der Waals surface area contributed by atoms with Gasteiger partial charge in [0.2, 0.25) is 10.0 Å². The highest BCUT2D eigenvalue weighted by atomic mass is 32.2. The quantitative estimate of drug-likeness (QED) is 0.380. The number of carbonyl (C=O) groups is 2. The van der Waals surface area contributed by atoms with Gasteiger partial charge in [-0.1, -0.05) is 42.0 Å². The molecule has 0 unspecified atom stereocenters. The van der Waals surface area contributed by atoms with Gasteiger partial charge in [-0.15, -0.1) is 0 Å². The lowest BCUT2D eigenvalue weighted by molar-refractivity contribution is -0.387. The van der Waals surface area contributed by atoms with Crippen molar-refractivity contribution in [3.05, 3.63) is 69.8 Å². The van der Waals surface area contributed by atoms with Gasteiger partial charge in [-0.05, 0) is 18.6 Å². The lowest BCUT2D eigenvalue weighted by atomic mass is 10.1. The van der Waals surface area contributed by atoms with Crippen molar-refractivity contribution in [2.75, 3.05) is 26.2 Å². The second-order valence-electron chi connectivity index (χ2n) is 7.00. The minimum atomic E-state index is -3.88. The van der Waals surface area contributed by atoms with Crippen LogP contribution in [0.4, 0.5) is 5.69 Å². The Kier molecular flexibility index (Phi) is 8.41. The zero-order chi connectivity index (χ0) is 23.9. The second-order valence-corrected chi connectivity index (χ2v) is 8.91. The molecule has 0 amide bonds. The van der Waals surface area contributed by atoms with Crippen molar-refractivity contribution in [1.29, 1.82) is 0 Å². The number of carboxylic acid groups (broad SMARTS) is 2. The molecule has 0 saturated carbocycles. The van der Waals surface area contributed by atoms with Crippen LogP contribution in [-0.2, 0) is 26.2 Å². The molecule has 1 fully saturated rings. The fourth-order valence-electron chi connectivity index (χ4n) is 3.16. The van der Waals surface area contributed by atoms with Gasteiger partial charge in [0.1, 0.15) is 0 Å². The van der Waals surface area contributed by atoms with Crippen LogP contribution < -0.4 is 0 Å². The van der Waals surface area contributed by atoms with Crippen LogP contribution in [0, 0.1) is 17.0 Å². The molecule has 3 rings (SSSR count). The number of nitro groups is 1. The minimum Gasteiger partial charge on any atom is -0.473 e. The molecule has 0 aromatic heterocycles. The Morgan fingerprint density at radius 2 is 1.59 bits per heavy atom. The molecule has 32 heavy (non-hydrogen) atoms. The number of rotatable bonds is 5. The van der Waals surface area contributed by atoms with E-state index in [2.05, 4.69) is 17.0 Å². The first-order valence-corrected chi connectivity index (χ1v) is 10.9. The molecule has 12 heteroatoms. The average Bonchev–Trinajstić information content (AvgIpc) is 2.74. The van der Waals surface area contributed by atoms with Gasteiger partial charge in [0.05, 0.1) is 4.92 Å². The van der Waals surface area contributed by atoms with Crippen LogP contribution in [0.1, 0.15) is 11.1 Å². The number of hydrogen-bond donors (Lipinski definition) is 2. The van der Waals surface area contributed by atoms with E-state index >= 15 is 0 Å². The predicted molar refractivity (Wildman–Crippen MR) is 114 cm³/mol. The second kappa shape index (κ2) is 10.8. The molecule has 0 aliphatic carbocycles. The fourth-order valence-corrected chi connectivity index (χ4v) is 4.74. The summed E-state index contributed by atoms with van der Waals surface area (Å²) in [4.78, 5) is 30.7. The monoisotopic (exact) mass is 465 g/mol. The molecular weight excluding hydrogens is 442 g/mol. The number of aliphatic carboxylic acids is 2. The summed E-state index contributed by atoms with van der Waals surface area (Å²) in [5, 5.41) is 25.9. The fraction of sp³-hybridized carbons (Fsp3) is 0.300. The van der Waals surface area contributed by atoms with E-state index in [0.29, 0.717) is 26.2 Å². The van der Waals surface area contributed by atoms with Crippen LogP contribution in [0.2, 0.25) is 0 Å². The SMILES string of the molecule is Cc1cccc(CN2CCN(S(=O)(=O)c3ccccc3[N+](=O)[O-])CC2)c1.O=C(O)C(=O)O. The molecule has 2 aromatic carbocycles. The normalized spacial score (nSPS) is 14.8. The molecule has 1 aliphatic heterocycles. The van der Waals surface area contributed by atoms with Crippen molar-refractivity contribution >= 4 is 27.6 Å². The maximum absolute atomic E-state index is 12.8. The summed E-state index contributed by atoms with van der Waals surface area (Å²) >= 11 is 0. The van der Waals surface area contributed by atoms with Crippen LogP contribution in [0.25, 0.3) is 0 Å². The highest BCUT2D eigenvalue weighted by Gasteiger charge is 2.33. The van der Waals surface area contributed by atoms with Gasteiger partial charge < -0.3 is 10.2 Å². The van der Waals surface area contributed by atoms with Crippen LogP contribution >= 0.6 is 0 Å². The zero-order valence-corrected chi connectivity index (χ0v) is 18.1. The first-order valence-electron chi connectivity index (χ1n) is 9.50. The molecule has 2 aromatic rings. The van der Waals surface area contributed by atoms with E-state index in [1.165, 1.54) is 39.7 Å². The number of para-hydroxylation sites is 1. The number of nitrogens with zero attached hydrogens (tertiary/aromatic N) is 3. The molecule has 0 spiro atoms. The third-order valence-electron chi connectivity index (χ3n) is 4.68. The number of piperazine rings is 1. The first kappa shape index (κ1) is 24.9. The molecule has 1 saturated heterocycles. The average molecular weight is 465 g/mol. The van der Waals surface area contributed by atoms with E-state index in [9.17, 15) is 18.5 Å². The van der Waals surface area contributed by atoms with Gasteiger partial charge in [-0.25, -0.2) is 18.0 Å². The molecule has 0 radical (unpaired) electrons. The number of nitro benzene ring substituents is 1. The molecule has 1 aliphatic rings. The first-order chi connectivity index (χ1) is 15.0.